The number of hydrogen-bond acceptors (Lipinski definition) is 1. The smallest absolute Gasteiger partial charge is 0.384 e. The van der Waals surface area contributed by atoms with Gasteiger partial charge in [-0.05, 0) is 17.0 Å². The van der Waals surface area contributed by atoms with E-state index in [0.29, 0.717) is 11.3 Å². The van der Waals surface area contributed by atoms with E-state index in [1.165, 1.54) is 6.07 Å². The molecule has 1 atom stereocenters. The van der Waals surface area contributed by atoms with Crippen LogP contribution in [0.3, 0.4) is 0 Å². The van der Waals surface area contributed by atoms with Crippen LogP contribution in [0.25, 0.3) is 10.8 Å². The molecule has 0 saturated carbocycles. The van der Waals surface area contributed by atoms with Crippen LogP contribution in [0.15, 0.2) is 30.3 Å². The van der Waals surface area contributed by atoms with Gasteiger partial charge >= 0.3 is 6.18 Å². The number of anilines is 1. The molecule has 1 heterocycles. The Morgan fingerprint density at radius 2 is 1.75 bits per heavy atom. The lowest BCUT2D eigenvalue weighted by Crippen LogP contribution is -2.05. The molecule has 3 rings (SSSR count). The quantitative estimate of drug-likeness (QED) is 0.680. The molecule has 0 radical (unpaired) electrons. The highest BCUT2D eigenvalue weighted by Crippen LogP contribution is 2.41. The second-order valence-corrected chi connectivity index (χ2v) is 4.71. The molecule has 0 spiro atoms. The molecule has 108 valence electrons. The molecule has 2 aromatic carbocycles. The third kappa shape index (κ3) is 2.35. The van der Waals surface area contributed by atoms with Gasteiger partial charge in [-0.1, -0.05) is 45.0 Å². The molecule has 0 saturated heterocycles. The predicted molar refractivity (Wildman–Crippen MR) is 77.2 cm³/mol. The van der Waals surface area contributed by atoms with Gasteiger partial charge in [-0.25, -0.2) is 0 Å². The number of benzene rings is 2. The summed E-state index contributed by atoms with van der Waals surface area (Å²) in [5.41, 5.74) is 1.39. The lowest BCUT2D eigenvalue weighted by molar-refractivity contribution is -0.136. The van der Waals surface area contributed by atoms with Crippen molar-refractivity contribution in [3.63, 3.8) is 0 Å². The van der Waals surface area contributed by atoms with E-state index >= 15 is 0 Å². The third-order valence-electron chi connectivity index (χ3n) is 3.52. The van der Waals surface area contributed by atoms with Crippen molar-refractivity contribution in [3.05, 3.63) is 41.5 Å². The summed E-state index contributed by atoms with van der Waals surface area (Å²) in [7, 11) is 0. The van der Waals surface area contributed by atoms with Crippen LogP contribution in [-0.4, -0.2) is 6.54 Å². The molecule has 2 aromatic rings. The third-order valence-corrected chi connectivity index (χ3v) is 3.52. The zero-order valence-electron chi connectivity index (χ0n) is 11.8. The van der Waals surface area contributed by atoms with Gasteiger partial charge in [-0.15, -0.1) is 0 Å². The molecule has 4 heteroatoms. The lowest BCUT2D eigenvalue weighted by Gasteiger charge is -2.13. The van der Waals surface area contributed by atoms with Crippen LogP contribution in [0.4, 0.5) is 18.9 Å². The van der Waals surface area contributed by atoms with Crippen molar-refractivity contribution in [2.45, 2.75) is 32.9 Å². The maximum Gasteiger partial charge on any atom is 0.417 e. The SMILES string of the molecule is CC.CC1CNc2c1ccc1c(C(F)(F)F)cccc21. The van der Waals surface area contributed by atoms with Gasteiger partial charge in [0, 0.05) is 23.5 Å². The van der Waals surface area contributed by atoms with E-state index in [4.69, 9.17) is 0 Å². The van der Waals surface area contributed by atoms with Crippen LogP contribution in [0.1, 0.15) is 37.8 Å². The summed E-state index contributed by atoms with van der Waals surface area (Å²) < 4.78 is 38.8. The van der Waals surface area contributed by atoms with E-state index in [1.54, 1.807) is 18.2 Å². The molecule has 0 amide bonds. The first kappa shape index (κ1) is 14.7. The Morgan fingerprint density at radius 3 is 2.40 bits per heavy atom. The van der Waals surface area contributed by atoms with Crippen LogP contribution in [0.5, 0.6) is 0 Å². The van der Waals surface area contributed by atoms with Crippen LogP contribution in [0.2, 0.25) is 0 Å². The summed E-state index contributed by atoms with van der Waals surface area (Å²) in [6.45, 7) is 6.85. The standard InChI is InChI=1S/C14H12F3N.C2H6/c1-8-7-18-13-9(8)5-6-10-11(13)3-2-4-12(10)14(15,16)17;1-2/h2-6,8,18H,7H2,1H3;1-2H3. The molecular weight excluding hydrogens is 263 g/mol. The summed E-state index contributed by atoms with van der Waals surface area (Å²) in [5.74, 6) is 0.346. The number of fused-ring (bicyclic) bond motifs is 3. The molecule has 1 unspecified atom stereocenters. The first-order valence-electron chi connectivity index (χ1n) is 6.85. The molecule has 1 nitrogen and oxygen atoms in total. The van der Waals surface area contributed by atoms with E-state index in [0.717, 1.165) is 23.9 Å². The van der Waals surface area contributed by atoms with E-state index in [9.17, 15) is 13.2 Å². The normalized spacial score (nSPS) is 17.2. The molecular formula is C16H18F3N. The summed E-state index contributed by atoms with van der Waals surface area (Å²) in [5, 5.41) is 4.13. The van der Waals surface area contributed by atoms with E-state index in [1.807, 2.05) is 13.8 Å². The molecule has 1 N–H and O–H groups in total. The molecule has 1 aliphatic heterocycles. The van der Waals surface area contributed by atoms with Gasteiger partial charge in [0.05, 0.1) is 5.56 Å². The number of nitrogens with one attached hydrogen (secondary N) is 1. The second kappa shape index (κ2) is 5.35. The number of hydrogen-bond donors (Lipinski definition) is 1. The Kier molecular flexibility index (Phi) is 3.93. The highest BCUT2D eigenvalue weighted by Gasteiger charge is 2.33. The Balaban J connectivity index is 0.000000704. The van der Waals surface area contributed by atoms with Crippen molar-refractivity contribution in [3.8, 4) is 0 Å². The molecule has 0 aliphatic carbocycles. The van der Waals surface area contributed by atoms with Crippen molar-refractivity contribution in [2.75, 3.05) is 11.9 Å². The molecule has 0 fully saturated rings. The van der Waals surface area contributed by atoms with E-state index in [-0.39, 0.29) is 5.39 Å². The zero-order chi connectivity index (χ0) is 14.9. The van der Waals surface area contributed by atoms with Gasteiger partial charge < -0.3 is 5.32 Å². The summed E-state index contributed by atoms with van der Waals surface area (Å²) >= 11 is 0. The van der Waals surface area contributed by atoms with Crippen molar-refractivity contribution < 1.29 is 13.2 Å². The van der Waals surface area contributed by atoms with Gasteiger partial charge in [0.15, 0.2) is 0 Å². The minimum Gasteiger partial charge on any atom is -0.384 e. The van der Waals surface area contributed by atoms with Crippen molar-refractivity contribution in [1.82, 2.24) is 0 Å². The monoisotopic (exact) mass is 281 g/mol. The second-order valence-electron chi connectivity index (χ2n) is 4.71. The first-order valence-corrected chi connectivity index (χ1v) is 6.85. The van der Waals surface area contributed by atoms with Crippen LogP contribution < -0.4 is 5.32 Å². The fraction of sp³-hybridized carbons (Fsp3) is 0.375. The van der Waals surface area contributed by atoms with Crippen molar-refractivity contribution >= 4 is 16.5 Å². The Morgan fingerprint density at radius 1 is 1.05 bits per heavy atom. The number of halogens is 3. The Labute approximate surface area is 116 Å². The molecule has 1 aliphatic rings. The van der Waals surface area contributed by atoms with E-state index < -0.39 is 11.7 Å². The van der Waals surface area contributed by atoms with Gasteiger partial charge in [0.2, 0.25) is 0 Å². The lowest BCUT2D eigenvalue weighted by atomic mass is 9.96. The van der Waals surface area contributed by atoms with Gasteiger partial charge in [-0.3, -0.25) is 0 Å². The van der Waals surface area contributed by atoms with Gasteiger partial charge in [-0.2, -0.15) is 13.2 Å². The van der Waals surface area contributed by atoms with Crippen molar-refractivity contribution in [2.24, 2.45) is 0 Å². The van der Waals surface area contributed by atoms with Crippen LogP contribution in [0, 0.1) is 0 Å². The minimum absolute atomic E-state index is 0.269. The average molecular weight is 281 g/mol. The fourth-order valence-corrected chi connectivity index (χ4v) is 2.59. The minimum atomic E-state index is -4.31. The fourth-order valence-electron chi connectivity index (χ4n) is 2.59. The largest absolute Gasteiger partial charge is 0.417 e. The predicted octanol–water partition coefficient (Wildman–Crippen LogP) is 5.41. The van der Waals surface area contributed by atoms with Crippen molar-refractivity contribution in [1.29, 1.82) is 0 Å². The Bertz CT molecular complexity index is 617. The number of alkyl halides is 3. The summed E-state index contributed by atoms with van der Waals surface area (Å²) in [6.07, 6.45) is -4.31. The average Bonchev–Trinajstić information content (AvgIpc) is 2.81. The first-order chi connectivity index (χ1) is 9.48. The highest BCUT2D eigenvalue weighted by atomic mass is 19.4. The van der Waals surface area contributed by atoms with E-state index in [2.05, 4.69) is 12.2 Å². The number of rotatable bonds is 0. The topological polar surface area (TPSA) is 12.0 Å². The molecule has 20 heavy (non-hydrogen) atoms. The molecule has 0 aromatic heterocycles. The molecule has 0 bridgehead atoms. The maximum atomic E-state index is 12.9. The Hall–Kier alpha value is -1.71. The highest BCUT2D eigenvalue weighted by molar-refractivity contribution is 5.98. The summed E-state index contributed by atoms with van der Waals surface area (Å²) in [4.78, 5) is 0. The van der Waals surface area contributed by atoms with Crippen LogP contribution in [-0.2, 0) is 6.18 Å². The summed E-state index contributed by atoms with van der Waals surface area (Å²) in [6, 6.07) is 7.73. The van der Waals surface area contributed by atoms with Gasteiger partial charge in [0.25, 0.3) is 0 Å². The van der Waals surface area contributed by atoms with Gasteiger partial charge in [0.1, 0.15) is 0 Å². The zero-order valence-corrected chi connectivity index (χ0v) is 11.8. The maximum absolute atomic E-state index is 12.9. The van der Waals surface area contributed by atoms with Crippen LogP contribution >= 0.6 is 0 Å².